The summed E-state index contributed by atoms with van der Waals surface area (Å²) in [6.45, 7) is -0.344. The molecule has 0 unspecified atom stereocenters. The molecule has 0 aromatic heterocycles. The van der Waals surface area contributed by atoms with Gasteiger partial charge in [0.25, 0.3) is 5.91 Å². The second-order valence-corrected chi connectivity index (χ2v) is 10.1. The van der Waals surface area contributed by atoms with Crippen molar-refractivity contribution in [2.24, 2.45) is 0 Å². The van der Waals surface area contributed by atoms with Crippen LogP contribution in [0.4, 0.5) is 37.7 Å². The van der Waals surface area contributed by atoms with Crippen molar-refractivity contribution < 1.29 is 39.6 Å². The second kappa shape index (κ2) is 9.86. The van der Waals surface area contributed by atoms with Crippen LogP contribution in [0.1, 0.15) is 35.2 Å². The number of carbonyl (C=O) groups is 1. The first kappa shape index (κ1) is 27.1. The smallest absolute Gasteiger partial charge is 0.371 e. The predicted octanol–water partition coefficient (Wildman–Crippen LogP) is 5.28. The minimum absolute atomic E-state index is 0.0266. The normalized spacial score (nSPS) is 16.6. The molecule has 0 saturated carbocycles. The van der Waals surface area contributed by atoms with Crippen molar-refractivity contribution in [1.82, 2.24) is 4.72 Å². The third-order valence-electron chi connectivity index (χ3n) is 5.44. The number of sulfonamides is 1. The summed E-state index contributed by atoms with van der Waals surface area (Å²) >= 11 is 5.80. The second-order valence-electron chi connectivity index (χ2n) is 7.85. The molecule has 1 aliphatic heterocycles. The van der Waals surface area contributed by atoms with Crippen molar-refractivity contribution in [3.63, 3.8) is 0 Å². The van der Waals surface area contributed by atoms with Gasteiger partial charge in [-0.15, -0.1) is 0 Å². The fraction of sp³-hybridized carbons (Fsp3) is 0.381. The maximum Gasteiger partial charge on any atom is 0.417 e. The van der Waals surface area contributed by atoms with Gasteiger partial charge in [0.05, 0.1) is 21.8 Å². The summed E-state index contributed by atoms with van der Waals surface area (Å²) in [4.78, 5) is 13.5. The number of carbonyl (C=O) groups excluding carboxylic acids is 1. The highest BCUT2D eigenvalue weighted by molar-refractivity contribution is 7.89. The molecule has 0 aliphatic carbocycles. The Balaban J connectivity index is 2.04. The molecule has 14 heteroatoms. The van der Waals surface area contributed by atoms with Crippen LogP contribution in [0.3, 0.4) is 0 Å². The fourth-order valence-corrected chi connectivity index (χ4v) is 4.72. The minimum atomic E-state index is -4.87. The van der Waals surface area contributed by atoms with Crippen LogP contribution in [-0.4, -0.2) is 40.4 Å². The number of benzene rings is 2. The number of hydrogen-bond donors (Lipinski definition) is 2. The first-order chi connectivity index (χ1) is 16.1. The van der Waals surface area contributed by atoms with Gasteiger partial charge in [0.15, 0.2) is 0 Å². The molecule has 1 heterocycles. The molecule has 35 heavy (non-hydrogen) atoms. The zero-order chi connectivity index (χ0) is 26.2. The standard InChI is InChI=1S/C21H20ClF6N3O3S/c1-29-35(33,34)18-9-12(3-4-16(18)23)30-19(32)13-10-15(22)14(21(26,27)28)11-17(13)31-7-2-5-20(24,25)6-8-31/h3-4,9-11,29H,2,5-8H2,1H3,(H,30,32). The van der Waals surface area contributed by atoms with Gasteiger partial charge < -0.3 is 10.2 Å². The third-order valence-corrected chi connectivity index (χ3v) is 7.18. The van der Waals surface area contributed by atoms with E-state index in [9.17, 15) is 39.6 Å². The zero-order valence-corrected chi connectivity index (χ0v) is 19.7. The lowest BCUT2D eigenvalue weighted by atomic mass is 10.1. The molecular weight excluding hydrogens is 524 g/mol. The summed E-state index contributed by atoms with van der Waals surface area (Å²) in [6.07, 6.45) is -5.98. The van der Waals surface area contributed by atoms with Gasteiger partial charge in [-0.3, -0.25) is 4.79 Å². The maximum atomic E-state index is 14.0. The summed E-state index contributed by atoms with van der Waals surface area (Å²) < 4.78 is 108. The summed E-state index contributed by atoms with van der Waals surface area (Å²) in [5.74, 6) is -5.09. The van der Waals surface area contributed by atoms with Gasteiger partial charge in [-0.05, 0) is 43.8 Å². The zero-order valence-electron chi connectivity index (χ0n) is 18.1. The molecule has 0 atom stereocenters. The first-order valence-electron chi connectivity index (χ1n) is 10.2. The van der Waals surface area contributed by atoms with E-state index in [1.807, 2.05) is 4.72 Å². The van der Waals surface area contributed by atoms with Gasteiger partial charge >= 0.3 is 6.18 Å². The van der Waals surface area contributed by atoms with Crippen LogP contribution in [0.25, 0.3) is 0 Å². The van der Waals surface area contributed by atoms with Crippen LogP contribution in [0.5, 0.6) is 0 Å². The van der Waals surface area contributed by atoms with E-state index in [2.05, 4.69) is 5.32 Å². The molecule has 1 fully saturated rings. The van der Waals surface area contributed by atoms with Crippen LogP contribution in [0.2, 0.25) is 5.02 Å². The molecule has 2 aromatic carbocycles. The summed E-state index contributed by atoms with van der Waals surface area (Å²) in [5, 5.41) is 1.52. The van der Waals surface area contributed by atoms with Crippen molar-refractivity contribution in [3.8, 4) is 0 Å². The monoisotopic (exact) mass is 543 g/mol. The highest BCUT2D eigenvalue weighted by Crippen LogP contribution is 2.40. The van der Waals surface area contributed by atoms with E-state index in [0.29, 0.717) is 6.07 Å². The Bertz CT molecular complexity index is 1240. The van der Waals surface area contributed by atoms with Gasteiger partial charge in [0.1, 0.15) is 10.7 Å². The number of nitrogens with zero attached hydrogens (tertiary/aromatic N) is 1. The van der Waals surface area contributed by atoms with Gasteiger partial charge in [0.2, 0.25) is 15.9 Å². The lowest BCUT2D eigenvalue weighted by Gasteiger charge is -2.27. The molecule has 1 aliphatic rings. The quantitative estimate of drug-likeness (QED) is 0.503. The molecular formula is C21H20ClF6N3O3S. The number of hydrogen-bond acceptors (Lipinski definition) is 4. The molecule has 6 nitrogen and oxygen atoms in total. The summed E-state index contributed by atoms with van der Waals surface area (Å²) in [6, 6.07) is 4.07. The average Bonchev–Trinajstić information content (AvgIpc) is 2.94. The number of rotatable bonds is 5. The number of alkyl halides is 5. The van der Waals surface area contributed by atoms with Crippen molar-refractivity contribution in [3.05, 3.63) is 52.3 Å². The van der Waals surface area contributed by atoms with Gasteiger partial charge in [-0.25, -0.2) is 26.3 Å². The molecule has 3 rings (SSSR count). The summed E-state index contributed by atoms with van der Waals surface area (Å²) in [7, 11) is -3.17. The number of anilines is 2. The highest BCUT2D eigenvalue weighted by Gasteiger charge is 2.37. The fourth-order valence-electron chi connectivity index (χ4n) is 3.62. The van der Waals surface area contributed by atoms with Crippen LogP contribution in [0.15, 0.2) is 35.2 Å². The lowest BCUT2D eigenvalue weighted by Crippen LogP contribution is -2.29. The largest absolute Gasteiger partial charge is 0.417 e. The first-order valence-corrected chi connectivity index (χ1v) is 12.1. The SMILES string of the molecule is CNS(=O)(=O)c1cc(NC(=O)c2cc(Cl)c(C(F)(F)F)cc2N2CCCC(F)(F)CC2)ccc1F. The molecule has 1 saturated heterocycles. The van der Waals surface area contributed by atoms with E-state index in [0.717, 1.165) is 31.3 Å². The molecule has 2 aromatic rings. The molecule has 192 valence electrons. The van der Waals surface area contributed by atoms with Gasteiger partial charge in [0, 0.05) is 31.6 Å². The van der Waals surface area contributed by atoms with E-state index in [4.69, 9.17) is 11.6 Å². The molecule has 1 amide bonds. The predicted molar refractivity (Wildman–Crippen MR) is 118 cm³/mol. The lowest BCUT2D eigenvalue weighted by molar-refractivity contribution is -0.137. The van der Waals surface area contributed by atoms with E-state index in [1.165, 1.54) is 4.90 Å². The van der Waals surface area contributed by atoms with Crippen LogP contribution in [-0.2, 0) is 16.2 Å². The average molecular weight is 544 g/mol. The van der Waals surface area contributed by atoms with Crippen LogP contribution >= 0.6 is 11.6 Å². The molecule has 2 N–H and O–H groups in total. The van der Waals surface area contributed by atoms with E-state index in [1.54, 1.807) is 0 Å². The van der Waals surface area contributed by atoms with Crippen molar-refractivity contribution in [2.45, 2.75) is 36.3 Å². The maximum absolute atomic E-state index is 14.0. The van der Waals surface area contributed by atoms with Gasteiger partial charge in [-0.1, -0.05) is 11.6 Å². The van der Waals surface area contributed by atoms with Crippen LogP contribution in [0, 0.1) is 5.82 Å². The number of amides is 1. The Kier molecular flexibility index (Phi) is 7.63. The Morgan fingerprint density at radius 2 is 1.80 bits per heavy atom. The van der Waals surface area contributed by atoms with E-state index >= 15 is 0 Å². The van der Waals surface area contributed by atoms with E-state index in [-0.39, 0.29) is 36.4 Å². The van der Waals surface area contributed by atoms with Crippen molar-refractivity contribution in [2.75, 3.05) is 30.4 Å². The molecule has 0 bridgehead atoms. The Labute approximate surface area is 202 Å². The molecule has 0 spiro atoms. The molecule has 0 radical (unpaired) electrons. The Hall–Kier alpha value is -2.51. The van der Waals surface area contributed by atoms with Crippen molar-refractivity contribution in [1.29, 1.82) is 0 Å². The number of halogens is 7. The Morgan fingerprint density at radius 3 is 2.43 bits per heavy atom. The van der Waals surface area contributed by atoms with Crippen molar-refractivity contribution >= 4 is 38.9 Å². The van der Waals surface area contributed by atoms with E-state index < -0.39 is 62.2 Å². The highest BCUT2D eigenvalue weighted by atomic mass is 35.5. The minimum Gasteiger partial charge on any atom is -0.371 e. The summed E-state index contributed by atoms with van der Waals surface area (Å²) in [5.41, 5.74) is -2.03. The topological polar surface area (TPSA) is 78.5 Å². The van der Waals surface area contributed by atoms with Gasteiger partial charge in [-0.2, -0.15) is 13.2 Å². The third kappa shape index (κ3) is 6.19. The number of nitrogens with one attached hydrogen (secondary N) is 2. The van der Waals surface area contributed by atoms with Crippen LogP contribution < -0.4 is 14.9 Å². The Morgan fingerprint density at radius 1 is 1.11 bits per heavy atom.